The highest BCUT2D eigenvalue weighted by Crippen LogP contribution is 2.01. The zero-order chi connectivity index (χ0) is 8.69. The Morgan fingerprint density at radius 1 is 1.55 bits per heavy atom. The Hall–Kier alpha value is -0.220. The molecule has 0 saturated carbocycles. The fourth-order valence-electron chi connectivity index (χ4n) is 0.474. The van der Waals surface area contributed by atoms with Crippen molar-refractivity contribution in [2.45, 2.75) is 6.42 Å². The van der Waals surface area contributed by atoms with Gasteiger partial charge in [0.15, 0.2) is 0 Å². The van der Waals surface area contributed by atoms with Crippen molar-refractivity contribution < 1.29 is 4.79 Å². The third-order valence-electron chi connectivity index (χ3n) is 1.22. The van der Waals surface area contributed by atoms with Crippen molar-refractivity contribution in [1.82, 2.24) is 4.90 Å². The third-order valence-corrected chi connectivity index (χ3v) is 2.25. The van der Waals surface area contributed by atoms with Gasteiger partial charge in [-0.1, -0.05) is 0 Å². The molecular weight excluding hydrogens is 160 g/mol. The topological polar surface area (TPSA) is 46.3 Å². The van der Waals surface area contributed by atoms with E-state index in [-0.39, 0.29) is 5.91 Å². The summed E-state index contributed by atoms with van der Waals surface area (Å²) in [4.78, 5) is 12.6. The van der Waals surface area contributed by atoms with Crippen LogP contribution in [0.5, 0.6) is 0 Å². The van der Waals surface area contributed by atoms with Crippen molar-refractivity contribution in [3.63, 3.8) is 0 Å². The van der Waals surface area contributed by atoms with Gasteiger partial charge in [0.1, 0.15) is 0 Å². The standard InChI is InChI=1S/C7H16N2OS/c1-9(2)7(10)6-11-5-3-4-8/h3-6,8H2,1-2H3. The molecule has 4 heteroatoms. The predicted octanol–water partition coefficient (Wildman–Crippen LogP) is 0.157. The number of nitrogens with two attached hydrogens (primary N) is 1. The average Bonchev–Trinajstić information content (AvgIpc) is 1.97. The molecule has 0 fully saturated rings. The van der Waals surface area contributed by atoms with E-state index in [1.54, 1.807) is 30.8 Å². The van der Waals surface area contributed by atoms with Gasteiger partial charge in [-0.05, 0) is 18.7 Å². The summed E-state index contributed by atoms with van der Waals surface area (Å²) in [5, 5.41) is 0. The highest BCUT2D eigenvalue weighted by molar-refractivity contribution is 7.99. The molecule has 0 aliphatic heterocycles. The SMILES string of the molecule is CN(C)C(=O)CSCCCN. The molecule has 2 N–H and O–H groups in total. The second-order valence-electron chi connectivity index (χ2n) is 2.48. The molecule has 3 nitrogen and oxygen atoms in total. The minimum atomic E-state index is 0.173. The lowest BCUT2D eigenvalue weighted by atomic mass is 10.5. The molecule has 1 amide bonds. The normalized spacial score (nSPS) is 9.73. The molecule has 0 aromatic heterocycles. The lowest BCUT2D eigenvalue weighted by molar-refractivity contribution is -0.125. The van der Waals surface area contributed by atoms with Crippen molar-refractivity contribution >= 4 is 17.7 Å². The van der Waals surface area contributed by atoms with E-state index in [1.807, 2.05) is 0 Å². The van der Waals surface area contributed by atoms with E-state index in [2.05, 4.69) is 0 Å². The maximum absolute atomic E-state index is 11.0. The summed E-state index contributed by atoms with van der Waals surface area (Å²) in [6, 6.07) is 0. The van der Waals surface area contributed by atoms with Gasteiger partial charge in [-0.2, -0.15) is 11.8 Å². The van der Waals surface area contributed by atoms with E-state index in [9.17, 15) is 4.79 Å². The summed E-state index contributed by atoms with van der Waals surface area (Å²) in [6.07, 6.45) is 0.991. The van der Waals surface area contributed by atoms with E-state index < -0.39 is 0 Å². The summed E-state index contributed by atoms with van der Waals surface area (Å²) in [7, 11) is 3.54. The van der Waals surface area contributed by atoms with Crippen molar-refractivity contribution in [1.29, 1.82) is 0 Å². The third kappa shape index (κ3) is 6.19. The average molecular weight is 176 g/mol. The Labute approximate surface area is 72.3 Å². The molecular formula is C7H16N2OS. The Bertz CT molecular complexity index is 117. The van der Waals surface area contributed by atoms with Crippen LogP contribution in [0.15, 0.2) is 0 Å². The fourth-order valence-corrected chi connectivity index (χ4v) is 1.42. The van der Waals surface area contributed by atoms with Gasteiger partial charge in [0.05, 0.1) is 5.75 Å². The molecule has 0 aliphatic rings. The molecule has 0 spiro atoms. The second kappa shape index (κ2) is 6.49. The zero-order valence-electron chi connectivity index (χ0n) is 7.17. The molecule has 0 rings (SSSR count). The summed E-state index contributed by atoms with van der Waals surface area (Å²) < 4.78 is 0. The van der Waals surface area contributed by atoms with Gasteiger partial charge in [0.25, 0.3) is 0 Å². The highest BCUT2D eigenvalue weighted by Gasteiger charge is 2.01. The van der Waals surface area contributed by atoms with E-state index >= 15 is 0 Å². The van der Waals surface area contributed by atoms with E-state index in [4.69, 9.17) is 5.73 Å². The van der Waals surface area contributed by atoms with Crippen LogP contribution in [0.25, 0.3) is 0 Å². The van der Waals surface area contributed by atoms with Crippen LogP contribution in [0.2, 0.25) is 0 Å². The first-order valence-corrected chi connectivity index (χ1v) is 4.82. The van der Waals surface area contributed by atoms with Crippen LogP contribution in [-0.2, 0) is 4.79 Å². The first kappa shape index (κ1) is 10.8. The molecule has 0 aliphatic carbocycles. The number of nitrogens with zero attached hydrogens (tertiary/aromatic N) is 1. The molecule has 0 aromatic rings. The largest absolute Gasteiger partial charge is 0.348 e. The van der Waals surface area contributed by atoms with Crippen molar-refractivity contribution in [3.8, 4) is 0 Å². The highest BCUT2D eigenvalue weighted by atomic mass is 32.2. The van der Waals surface area contributed by atoms with Crippen LogP contribution in [-0.4, -0.2) is 43.0 Å². The van der Waals surface area contributed by atoms with E-state index in [0.717, 1.165) is 12.2 Å². The maximum atomic E-state index is 11.0. The van der Waals surface area contributed by atoms with Crippen LogP contribution in [0.1, 0.15) is 6.42 Å². The summed E-state index contributed by atoms with van der Waals surface area (Å²) in [6.45, 7) is 0.711. The van der Waals surface area contributed by atoms with Gasteiger partial charge in [0.2, 0.25) is 5.91 Å². The number of carbonyl (C=O) groups excluding carboxylic acids is 1. The Morgan fingerprint density at radius 2 is 2.18 bits per heavy atom. The molecule has 0 saturated heterocycles. The van der Waals surface area contributed by atoms with Gasteiger partial charge in [-0.25, -0.2) is 0 Å². The lowest BCUT2D eigenvalue weighted by Gasteiger charge is -2.08. The quantitative estimate of drug-likeness (QED) is 0.607. The van der Waals surface area contributed by atoms with Crippen LogP contribution >= 0.6 is 11.8 Å². The maximum Gasteiger partial charge on any atom is 0.232 e. The number of carbonyl (C=O) groups is 1. The molecule has 11 heavy (non-hydrogen) atoms. The lowest BCUT2D eigenvalue weighted by Crippen LogP contribution is -2.23. The number of thioether (sulfide) groups is 1. The summed E-state index contributed by atoms with van der Waals surface area (Å²) in [5.41, 5.74) is 5.30. The van der Waals surface area contributed by atoms with Crippen LogP contribution in [0.4, 0.5) is 0 Å². The van der Waals surface area contributed by atoms with Crippen LogP contribution in [0.3, 0.4) is 0 Å². The molecule has 0 atom stereocenters. The summed E-state index contributed by atoms with van der Waals surface area (Å²) in [5.74, 6) is 1.73. The Balaban J connectivity index is 3.18. The number of rotatable bonds is 5. The molecule has 0 aromatic carbocycles. The number of hydrogen-bond donors (Lipinski definition) is 1. The smallest absolute Gasteiger partial charge is 0.232 e. The molecule has 0 heterocycles. The number of amides is 1. The van der Waals surface area contributed by atoms with Crippen LogP contribution in [0, 0.1) is 0 Å². The first-order chi connectivity index (χ1) is 5.18. The number of hydrogen-bond acceptors (Lipinski definition) is 3. The minimum Gasteiger partial charge on any atom is -0.348 e. The zero-order valence-corrected chi connectivity index (χ0v) is 7.99. The van der Waals surface area contributed by atoms with Gasteiger partial charge in [-0.15, -0.1) is 0 Å². The van der Waals surface area contributed by atoms with Crippen molar-refractivity contribution in [2.24, 2.45) is 5.73 Å². The van der Waals surface area contributed by atoms with Crippen LogP contribution < -0.4 is 5.73 Å². The molecule has 0 unspecified atom stereocenters. The minimum absolute atomic E-state index is 0.173. The first-order valence-electron chi connectivity index (χ1n) is 3.66. The van der Waals surface area contributed by atoms with E-state index in [1.165, 1.54) is 0 Å². The van der Waals surface area contributed by atoms with Gasteiger partial charge < -0.3 is 10.6 Å². The predicted molar refractivity (Wildman–Crippen MR) is 49.7 cm³/mol. The van der Waals surface area contributed by atoms with Gasteiger partial charge in [-0.3, -0.25) is 4.79 Å². The fraction of sp³-hybridized carbons (Fsp3) is 0.857. The summed E-state index contributed by atoms with van der Waals surface area (Å²) >= 11 is 1.64. The van der Waals surface area contributed by atoms with E-state index in [0.29, 0.717) is 12.3 Å². The monoisotopic (exact) mass is 176 g/mol. The Morgan fingerprint density at radius 3 is 2.64 bits per heavy atom. The van der Waals surface area contributed by atoms with Crippen molar-refractivity contribution in [3.05, 3.63) is 0 Å². The molecule has 0 bridgehead atoms. The molecule has 0 radical (unpaired) electrons. The van der Waals surface area contributed by atoms with Gasteiger partial charge in [0, 0.05) is 14.1 Å². The van der Waals surface area contributed by atoms with Crippen molar-refractivity contribution in [2.75, 3.05) is 32.1 Å². The molecule has 66 valence electrons. The second-order valence-corrected chi connectivity index (χ2v) is 3.59. The van der Waals surface area contributed by atoms with Gasteiger partial charge >= 0.3 is 0 Å². The Kier molecular flexibility index (Phi) is 6.36.